The topological polar surface area (TPSA) is 125 Å². The van der Waals surface area contributed by atoms with Gasteiger partial charge in [0, 0.05) is 16.3 Å². The van der Waals surface area contributed by atoms with Gasteiger partial charge >= 0.3 is 6.03 Å². The van der Waals surface area contributed by atoms with Crippen LogP contribution in [0.5, 0.6) is 11.5 Å². The first-order chi connectivity index (χ1) is 17.6. The van der Waals surface area contributed by atoms with E-state index in [1.807, 2.05) is 26.0 Å². The predicted octanol–water partition coefficient (Wildman–Crippen LogP) is 4.35. The summed E-state index contributed by atoms with van der Waals surface area (Å²) in [5.74, 6) is -2.04. The molecule has 4 rings (SSSR count). The maximum absolute atomic E-state index is 13.1. The minimum Gasteiger partial charge on any atom is -0.508 e. The Morgan fingerprint density at radius 3 is 2.46 bits per heavy atom. The second-order valence-corrected chi connectivity index (χ2v) is 8.73. The summed E-state index contributed by atoms with van der Waals surface area (Å²) in [6.45, 7) is 3.56. The lowest BCUT2D eigenvalue weighted by atomic mass is 10.1. The maximum atomic E-state index is 13.1. The average Bonchev–Trinajstić information content (AvgIpc) is 2.84. The highest BCUT2D eigenvalue weighted by atomic mass is 35.5. The van der Waals surface area contributed by atoms with E-state index in [1.165, 1.54) is 48.5 Å². The Balaban J connectivity index is 1.57. The van der Waals surface area contributed by atoms with Crippen LogP contribution in [0.2, 0.25) is 5.02 Å². The molecule has 0 atom stereocenters. The van der Waals surface area contributed by atoms with Crippen LogP contribution in [0.1, 0.15) is 16.7 Å². The van der Waals surface area contributed by atoms with E-state index in [0.29, 0.717) is 10.7 Å². The molecule has 1 saturated heterocycles. The third kappa shape index (κ3) is 5.79. The number of anilines is 2. The number of phenols is 1. The van der Waals surface area contributed by atoms with Gasteiger partial charge in [0.1, 0.15) is 17.1 Å². The molecule has 1 heterocycles. The summed E-state index contributed by atoms with van der Waals surface area (Å²) in [6.07, 6.45) is 1.24. The van der Waals surface area contributed by atoms with Gasteiger partial charge in [-0.1, -0.05) is 17.7 Å². The summed E-state index contributed by atoms with van der Waals surface area (Å²) in [5.41, 5.74) is 2.81. The summed E-state index contributed by atoms with van der Waals surface area (Å²) in [7, 11) is 0. The van der Waals surface area contributed by atoms with Gasteiger partial charge in [-0.15, -0.1) is 0 Å². The zero-order valence-electron chi connectivity index (χ0n) is 19.9. The maximum Gasteiger partial charge on any atom is 0.335 e. The van der Waals surface area contributed by atoms with Crippen LogP contribution in [-0.4, -0.2) is 35.5 Å². The predicted molar refractivity (Wildman–Crippen MR) is 139 cm³/mol. The highest BCUT2D eigenvalue weighted by molar-refractivity contribution is 6.39. The third-order valence-electron chi connectivity index (χ3n) is 5.63. The number of urea groups is 1. The number of barbiturate groups is 1. The second-order valence-electron chi connectivity index (χ2n) is 8.29. The molecule has 3 N–H and O–H groups in total. The van der Waals surface area contributed by atoms with Crippen LogP contribution in [0.4, 0.5) is 16.2 Å². The monoisotopic (exact) mass is 519 g/mol. The van der Waals surface area contributed by atoms with Crippen molar-refractivity contribution in [3.05, 3.63) is 87.9 Å². The number of ether oxygens (including phenoxy) is 1. The Morgan fingerprint density at radius 2 is 1.76 bits per heavy atom. The first-order valence-electron chi connectivity index (χ1n) is 11.1. The zero-order chi connectivity index (χ0) is 26.7. The summed E-state index contributed by atoms with van der Waals surface area (Å²) in [4.78, 5) is 51.3. The Bertz CT molecular complexity index is 1450. The highest BCUT2D eigenvalue weighted by Crippen LogP contribution is 2.28. The quantitative estimate of drug-likeness (QED) is 0.328. The van der Waals surface area contributed by atoms with Crippen molar-refractivity contribution in [2.24, 2.45) is 0 Å². The van der Waals surface area contributed by atoms with E-state index < -0.39 is 23.8 Å². The molecule has 0 aromatic heterocycles. The van der Waals surface area contributed by atoms with Crippen LogP contribution in [0.15, 0.2) is 66.2 Å². The molecule has 10 heteroatoms. The third-order valence-corrected chi connectivity index (χ3v) is 5.87. The number of halogens is 1. The fourth-order valence-corrected chi connectivity index (χ4v) is 3.75. The van der Waals surface area contributed by atoms with E-state index in [2.05, 4.69) is 10.6 Å². The van der Waals surface area contributed by atoms with Crippen LogP contribution >= 0.6 is 11.6 Å². The molecule has 0 unspecified atom stereocenters. The minimum absolute atomic E-state index is 0.0530. The SMILES string of the molecule is Cc1ccc(NC(=O)COc2ccc(Cl)cc2/C=C2/C(=O)NC(=O)N(c3ccc(O)cc3)C2=O)cc1C. The fourth-order valence-electron chi connectivity index (χ4n) is 3.57. The van der Waals surface area contributed by atoms with Crippen LogP contribution in [-0.2, 0) is 14.4 Å². The number of hydrogen-bond acceptors (Lipinski definition) is 6. The number of carbonyl (C=O) groups excluding carboxylic acids is 4. The molecule has 1 aliphatic heterocycles. The number of aryl methyl sites for hydroxylation is 2. The number of imide groups is 2. The van der Waals surface area contributed by atoms with E-state index >= 15 is 0 Å². The van der Waals surface area contributed by atoms with Crippen LogP contribution < -0.4 is 20.3 Å². The summed E-state index contributed by atoms with van der Waals surface area (Å²) in [5, 5.41) is 14.7. The van der Waals surface area contributed by atoms with Gasteiger partial charge in [-0.3, -0.25) is 19.7 Å². The molecule has 37 heavy (non-hydrogen) atoms. The van der Waals surface area contributed by atoms with Crippen molar-refractivity contribution < 1.29 is 29.0 Å². The van der Waals surface area contributed by atoms with Crippen LogP contribution in [0.25, 0.3) is 6.08 Å². The lowest BCUT2D eigenvalue weighted by molar-refractivity contribution is -0.122. The summed E-state index contributed by atoms with van der Waals surface area (Å²) in [6, 6.07) is 14.5. The molecule has 0 aliphatic carbocycles. The molecule has 1 fully saturated rings. The smallest absolute Gasteiger partial charge is 0.335 e. The zero-order valence-corrected chi connectivity index (χ0v) is 20.6. The van der Waals surface area contributed by atoms with Crippen molar-refractivity contribution in [2.75, 3.05) is 16.8 Å². The van der Waals surface area contributed by atoms with E-state index in [4.69, 9.17) is 16.3 Å². The number of hydrogen-bond donors (Lipinski definition) is 3. The first-order valence-corrected chi connectivity index (χ1v) is 11.5. The molecule has 3 aromatic rings. The van der Waals surface area contributed by atoms with Crippen molar-refractivity contribution >= 4 is 52.8 Å². The Morgan fingerprint density at radius 1 is 1.03 bits per heavy atom. The molecule has 0 radical (unpaired) electrons. The standard InChI is InChI=1S/C27H22ClN3O6/c1-15-3-5-19(11-16(15)2)29-24(33)14-37-23-10-4-18(28)12-17(23)13-22-25(34)30-27(36)31(26(22)35)20-6-8-21(32)9-7-20/h3-13,32H,14H2,1-2H3,(H,29,33)(H,30,34,36)/b22-13-. The fraction of sp³-hybridized carbons (Fsp3) is 0.111. The van der Waals surface area contributed by atoms with Crippen LogP contribution in [0, 0.1) is 13.8 Å². The molecular weight excluding hydrogens is 498 g/mol. The average molecular weight is 520 g/mol. The number of nitrogens with zero attached hydrogens (tertiary/aromatic N) is 1. The second kappa shape index (κ2) is 10.5. The number of benzene rings is 3. The molecule has 5 amide bonds. The van der Waals surface area contributed by atoms with Crippen molar-refractivity contribution in [3.8, 4) is 11.5 Å². The molecule has 9 nitrogen and oxygen atoms in total. The number of amides is 5. The number of phenolic OH excluding ortho intramolecular Hbond substituents is 1. The van der Waals surface area contributed by atoms with Gasteiger partial charge < -0.3 is 15.2 Å². The van der Waals surface area contributed by atoms with E-state index in [0.717, 1.165) is 16.0 Å². The molecular formula is C27H22ClN3O6. The van der Waals surface area contributed by atoms with Crippen LogP contribution in [0.3, 0.4) is 0 Å². The summed E-state index contributed by atoms with van der Waals surface area (Å²) < 4.78 is 5.67. The number of nitrogens with one attached hydrogen (secondary N) is 2. The first kappa shape index (κ1) is 25.5. The molecule has 188 valence electrons. The van der Waals surface area contributed by atoms with Gasteiger partial charge in [0.15, 0.2) is 6.61 Å². The Labute approximate surface area is 217 Å². The Kier molecular flexibility index (Phi) is 7.26. The summed E-state index contributed by atoms with van der Waals surface area (Å²) >= 11 is 6.13. The van der Waals surface area contributed by atoms with Gasteiger partial charge in [-0.25, -0.2) is 9.69 Å². The van der Waals surface area contributed by atoms with E-state index in [1.54, 1.807) is 6.07 Å². The van der Waals surface area contributed by atoms with Crippen molar-refractivity contribution in [1.29, 1.82) is 0 Å². The van der Waals surface area contributed by atoms with Crippen molar-refractivity contribution in [3.63, 3.8) is 0 Å². The van der Waals surface area contributed by atoms with Crippen molar-refractivity contribution in [2.45, 2.75) is 13.8 Å². The van der Waals surface area contributed by atoms with Gasteiger partial charge in [0.25, 0.3) is 17.7 Å². The van der Waals surface area contributed by atoms with Gasteiger partial charge in [-0.05, 0) is 85.6 Å². The molecule has 1 aliphatic rings. The number of carbonyl (C=O) groups is 4. The van der Waals surface area contributed by atoms with E-state index in [-0.39, 0.29) is 34.9 Å². The lowest BCUT2D eigenvalue weighted by Gasteiger charge is -2.26. The van der Waals surface area contributed by atoms with Crippen molar-refractivity contribution in [1.82, 2.24) is 5.32 Å². The van der Waals surface area contributed by atoms with Gasteiger partial charge in [-0.2, -0.15) is 0 Å². The van der Waals surface area contributed by atoms with Gasteiger partial charge in [0.05, 0.1) is 5.69 Å². The minimum atomic E-state index is -0.927. The molecule has 0 saturated carbocycles. The van der Waals surface area contributed by atoms with E-state index in [9.17, 15) is 24.3 Å². The lowest BCUT2D eigenvalue weighted by Crippen LogP contribution is -2.54. The largest absolute Gasteiger partial charge is 0.508 e. The molecule has 0 bridgehead atoms. The van der Waals surface area contributed by atoms with Gasteiger partial charge in [0.2, 0.25) is 0 Å². The normalized spacial score (nSPS) is 14.5. The highest BCUT2D eigenvalue weighted by Gasteiger charge is 2.37. The number of aromatic hydroxyl groups is 1. The Hall–Kier alpha value is -4.63. The molecule has 0 spiro atoms. The molecule has 3 aromatic carbocycles. The number of rotatable bonds is 6.